The Morgan fingerprint density at radius 1 is 0.900 bits per heavy atom. The number of carbonyl (C=O) groups excluding carboxylic acids is 3. The van der Waals surface area contributed by atoms with E-state index in [-0.39, 0.29) is 12.2 Å². The third-order valence-electron chi connectivity index (χ3n) is 4.53. The van der Waals surface area contributed by atoms with E-state index in [1.165, 1.54) is 6.08 Å². The molecule has 0 unspecified atom stereocenters. The Hall–Kier alpha value is -2.97. The average Bonchev–Trinajstić information content (AvgIpc) is 2.70. The van der Waals surface area contributed by atoms with Crippen molar-refractivity contribution < 1.29 is 19.1 Å². The fourth-order valence-corrected chi connectivity index (χ4v) is 4.54. The van der Waals surface area contributed by atoms with Crippen LogP contribution >= 0.6 is 31.9 Å². The maximum Gasteiger partial charge on any atom is 0.328 e. The van der Waals surface area contributed by atoms with Gasteiger partial charge in [-0.15, -0.1) is 0 Å². The van der Waals surface area contributed by atoms with E-state index >= 15 is 0 Å². The van der Waals surface area contributed by atoms with Crippen molar-refractivity contribution in [2.24, 2.45) is 0 Å². The van der Waals surface area contributed by atoms with E-state index in [9.17, 15) is 14.4 Å². The van der Waals surface area contributed by atoms with Gasteiger partial charge in [0.05, 0.1) is 4.47 Å². The molecule has 0 radical (unpaired) electrons. The van der Waals surface area contributed by atoms with E-state index in [0.29, 0.717) is 15.8 Å². The second-order valence-electron chi connectivity index (χ2n) is 6.53. The van der Waals surface area contributed by atoms with Gasteiger partial charge in [0.2, 0.25) is 0 Å². The molecule has 1 saturated heterocycles. The molecule has 0 aliphatic carbocycles. The Kier molecular flexibility index (Phi) is 5.69. The van der Waals surface area contributed by atoms with Crippen molar-refractivity contribution in [1.82, 2.24) is 10.6 Å². The van der Waals surface area contributed by atoms with Gasteiger partial charge in [-0.3, -0.25) is 20.2 Å². The van der Waals surface area contributed by atoms with E-state index in [0.717, 1.165) is 20.8 Å². The zero-order valence-electron chi connectivity index (χ0n) is 15.4. The largest absolute Gasteiger partial charge is 0.487 e. The number of amides is 4. The van der Waals surface area contributed by atoms with Crippen LogP contribution in [0, 0.1) is 0 Å². The van der Waals surface area contributed by atoms with Gasteiger partial charge in [0.1, 0.15) is 17.9 Å². The van der Waals surface area contributed by atoms with Crippen molar-refractivity contribution in [3.05, 3.63) is 80.2 Å². The van der Waals surface area contributed by atoms with Gasteiger partial charge in [0.25, 0.3) is 11.8 Å². The topological polar surface area (TPSA) is 84.5 Å². The van der Waals surface area contributed by atoms with Gasteiger partial charge in [-0.2, -0.15) is 0 Å². The van der Waals surface area contributed by atoms with Gasteiger partial charge < -0.3 is 4.74 Å². The van der Waals surface area contributed by atoms with Gasteiger partial charge >= 0.3 is 6.03 Å². The van der Waals surface area contributed by atoms with Gasteiger partial charge in [-0.05, 0) is 50.5 Å². The number of ether oxygens (including phenoxy) is 1. The summed E-state index contributed by atoms with van der Waals surface area (Å²) in [4.78, 5) is 35.5. The van der Waals surface area contributed by atoms with E-state index in [1.807, 2.05) is 48.5 Å². The van der Waals surface area contributed by atoms with E-state index < -0.39 is 17.8 Å². The van der Waals surface area contributed by atoms with Gasteiger partial charge in [0.15, 0.2) is 0 Å². The van der Waals surface area contributed by atoms with Crippen LogP contribution in [0.4, 0.5) is 4.79 Å². The quantitative estimate of drug-likeness (QED) is 0.379. The monoisotopic (exact) mass is 528 g/mol. The Morgan fingerprint density at radius 3 is 2.37 bits per heavy atom. The maximum absolute atomic E-state index is 12.1. The molecule has 150 valence electrons. The van der Waals surface area contributed by atoms with Crippen LogP contribution in [0.3, 0.4) is 0 Å². The molecule has 0 spiro atoms. The van der Waals surface area contributed by atoms with Crippen LogP contribution in [0.15, 0.2) is 69.1 Å². The molecule has 8 heteroatoms. The molecule has 0 saturated carbocycles. The number of fused-ring (bicyclic) bond motifs is 1. The van der Waals surface area contributed by atoms with Crippen LogP contribution in [-0.2, 0) is 16.2 Å². The van der Waals surface area contributed by atoms with Gasteiger partial charge in [-0.1, -0.05) is 58.4 Å². The third kappa shape index (κ3) is 4.15. The minimum Gasteiger partial charge on any atom is -0.487 e. The first-order valence-corrected chi connectivity index (χ1v) is 10.5. The van der Waals surface area contributed by atoms with Crippen molar-refractivity contribution >= 4 is 66.6 Å². The molecule has 1 aliphatic heterocycles. The molecule has 0 atom stereocenters. The van der Waals surface area contributed by atoms with Crippen LogP contribution in [0.1, 0.15) is 11.1 Å². The molecule has 30 heavy (non-hydrogen) atoms. The first-order valence-electron chi connectivity index (χ1n) is 8.89. The number of hydrogen-bond acceptors (Lipinski definition) is 4. The Morgan fingerprint density at radius 2 is 1.60 bits per heavy atom. The minimum atomic E-state index is -0.843. The number of rotatable bonds is 4. The number of barbiturate groups is 1. The van der Waals surface area contributed by atoms with Crippen molar-refractivity contribution in [2.45, 2.75) is 6.61 Å². The van der Waals surface area contributed by atoms with Crippen LogP contribution in [-0.4, -0.2) is 17.8 Å². The zero-order chi connectivity index (χ0) is 21.3. The average molecular weight is 530 g/mol. The number of halogens is 2. The number of nitrogens with one attached hydrogen (secondary N) is 2. The Balaban J connectivity index is 1.70. The SMILES string of the molecule is O=C1NC(=O)C(=Cc2cc(Br)cc(Br)c2OCc2cccc3ccccc23)C(=O)N1. The summed E-state index contributed by atoms with van der Waals surface area (Å²) in [5.41, 5.74) is 1.32. The first-order chi connectivity index (χ1) is 14.4. The minimum absolute atomic E-state index is 0.186. The van der Waals surface area contributed by atoms with E-state index in [2.05, 4.69) is 42.5 Å². The fraction of sp³-hybridized carbons (Fsp3) is 0.0455. The van der Waals surface area contributed by atoms with Crippen LogP contribution in [0.5, 0.6) is 5.75 Å². The fourth-order valence-electron chi connectivity index (χ4n) is 3.17. The van der Waals surface area contributed by atoms with Crippen LogP contribution in [0.25, 0.3) is 16.8 Å². The molecule has 6 nitrogen and oxygen atoms in total. The normalized spacial score (nSPS) is 13.8. The van der Waals surface area contributed by atoms with E-state index in [4.69, 9.17) is 4.74 Å². The summed E-state index contributed by atoms with van der Waals surface area (Å²) in [7, 11) is 0. The lowest BCUT2D eigenvalue weighted by molar-refractivity contribution is -0.123. The summed E-state index contributed by atoms with van der Waals surface area (Å²) < 4.78 is 7.49. The Bertz CT molecular complexity index is 1210. The molecular formula is C22H14Br2N2O4. The Labute approximate surface area is 188 Å². The smallest absolute Gasteiger partial charge is 0.328 e. The number of hydrogen-bond donors (Lipinski definition) is 2. The van der Waals surface area contributed by atoms with Crippen molar-refractivity contribution in [3.8, 4) is 5.75 Å². The summed E-state index contributed by atoms with van der Waals surface area (Å²) in [6, 6.07) is 16.7. The molecule has 3 aromatic carbocycles. The summed E-state index contributed by atoms with van der Waals surface area (Å²) in [6.45, 7) is 0.286. The first kappa shape index (κ1) is 20.3. The zero-order valence-corrected chi connectivity index (χ0v) is 18.5. The molecule has 1 aliphatic rings. The van der Waals surface area contributed by atoms with Gasteiger partial charge in [-0.25, -0.2) is 4.79 Å². The standard InChI is InChI=1S/C22H14Br2N2O4/c23-15-8-14(9-17-20(27)25-22(29)26-21(17)28)19(18(24)10-15)30-11-13-6-3-5-12-4-1-2-7-16(12)13/h1-10H,11H2,(H2,25,26,27,28,29). The number of benzene rings is 3. The lowest BCUT2D eigenvalue weighted by Crippen LogP contribution is -2.51. The molecule has 0 aromatic heterocycles. The maximum atomic E-state index is 12.1. The number of carbonyl (C=O) groups is 3. The molecule has 2 N–H and O–H groups in total. The van der Waals surface area contributed by atoms with E-state index in [1.54, 1.807) is 6.07 Å². The predicted molar refractivity (Wildman–Crippen MR) is 120 cm³/mol. The van der Waals surface area contributed by atoms with Crippen molar-refractivity contribution in [1.29, 1.82) is 0 Å². The molecule has 3 aromatic rings. The lowest BCUT2D eigenvalue weighted by Gasteiger charge is -2.16. The summed E-state index contributed by atoms with van der Waals surface area (Å²) in [6.07, 6.45) is 1.39. The molecule has 0 bridgehead atoms. The molecule has 1 fully saturated rings. The molecular weight excluding hydrogens is 516 g/mol. The number of urea groups is 1. The van der Waals surface area contributed by atoms with Crippen LogP contribution < -0.4 is 15.4 Å². The van der Waals surface area contributed by atoms with Crippen LogP contribution in [0.2, 0.25) is 0 Å². The lowest BCUT2D eigenvalue weighted by atomic mass is 10.1. The highest BCUT2D eigenvalue weighted by Crippen LogP contribution is 2.35. The van der Waals surface area contributed by atoms with Gasteiger partial charge in [0, 0.05) is 10.0 Å². The molecule has 4 amide bonds. The highest BCUT2D eigenvalue weighted by Gasteiger charge is 2.28. The summed E-state index contributed by atoms with van der Waals surface area (Å²) in [5.74, 6) is -1.06. The summed E-state index contributed by atoms with van der Waals surface area (Å²) in [5, 5.41) is 6.32. The predicted octanol–water partition coefficient (Wildman–Crippen LogP) is 4.69. The molecule has 4 rings (SSSR count). The van der Waals surface area contributed by atoms with Crippen molar-refractivity contribution in [2.75, 3.05) is 0 Å². The second-order valence-corrected chi connectivity index (χ2v) is 8.30. The summed E-state index contributed by atoms with van der Waals surface area (Å²) >= 11 is 6.90. The number of imide groups is 2. The highest BCUT2D eigenvalue weighted by atomic mass is 79.9. The molecule has 1 heterocycles. The highest BCUT2D eigenvalue weighted by molar-refractivity contribution is 9.11. The second kappa shape index (κ2) is 8.41. The third-order valence-corrected chi connectivity index (χ3v) is 5.58. The van der Waals surface area contributed by atoms with Crippen molar-refractivity contribution in [3.63, 3.8) is 0 Å².